The summed E-state index contributed by atoms with van der Waals surface area (Å²) in [7, 11) is -3.97. The molecule has 0 bridgehead atoms. The van der Waals surface area contributed by atoms with Crippen LogP contribution in [0.4, 0.5) is 5.69 Å². The van der Waals surface area contributed by atoms with E-state index in [0.717, 1.165) is 0 Å². The summed E-state index contributed by atoms with van der Waals surface area (Å²) in [5, 5.41) is 12.7. The lowest BCUT2D eigenvalue weighted by molar-refractivity contribution is 0.0698. The van der Waals surface area contributed by atoms with Gasteiger partial charge in [0.2, 0.25) is 0 Å². The number of aryl methyl sites for hydroxylation is 3. The molecule has 2 aromatic rings. The number of hydrogen-bond acceptors (Lipinski definition) is 5. The lowest BCUT2D eigenvalue weighted by atomic mass is 10.1. The van der Waals surface area contributed by atoms with Gasteiger partial charge in [0.1, 0.15) is 5.69 Å². The van der Waals surface area contributed by atoms with Gasteiger partial charge >= 0.3 is 5.97 Å². The predicted molar refractivity (Wildman–Crippen MR) is 74.9 cm³/mol. The Balaban J connectivity index is 2.50. The standard InChI is InChI=1S/C13H14N2O5S/c1-7-4-5-11(10(6-7)13(16)17)15-21(18,19)12-8(2)14-20-9(12)3/h4-6,15H,1-3H3,(H,16,17). The summed E-state index contributed by atoms with van der Waals surface area (Å²) in [6.07, 6.45) is 0. The molecule has 2 N–H and O–H groups in total. The van der Waals surface area contributed by atoms with Crippen molar-refractivity contribution in [2.75, 3.05) is 4.72 Å². The number of carboxylic acids is 1. The first-order valence-electron chi connectivity index (χ1n) is 6.02. The van der Waals surface area contributed by atoms with Crippen molar-refractivity contribution in [1.82, 2.24) is 5.16 Å². The van der Waals surface area contributed by atoms with Crippen LogP contribution in [0, 0.1) is 20.8 Å². The highest BCUT2D eigenvalue weighted by Crippen LogP contribution is 2.25. The van der Waals surface area contributed by atoms with Crippen LogP contribution >= 0.6 is 0 Å². The number of nitrogens with zero attached hydrogens (tertiary/aromatic N) is 1. The normalized spacial score (nSPS) is 11.4. The molecule has 1 aromatic heterocycles. The molecule has 1 aromatic carbocycles. The summed E-state index contributed by atoms with van der Waals surface area (Å²) >= 11 is 0. The van der Waals surface area contributed by atoms with Crippen LogP contribution in [-0.2, 0) is 10.0 Å². The van der Waals surface area contributed by atoms with Gasteiger partial charge in [-0.25, -0.2) is 13.2 Å². The Bertz CT molecular complexity index is 788. The predicted octanol–water partition coefficient (Wildman–Crippen LogP) is 2.10. The zero-order valence-electron chi connectivity index (χ0n) is 11.7. The lowest BCUT2D eigenvalue weighted by Crippen LogP contribution is -2.17. The highest BCUT2D eigenvalue weighted by molar-refractivity contribution is 7.92. The highest BCUT2D eigenvalue weighted by Gasteiger charge is 2.25. The van der Waals surface area contributed by atoms with Gasteiger partial charge in [-0.2, -0.15) is 0 Å². The molecule has 7 nitrogen and oxygen atoms in total. The Kier molecular flexibility index (Phi) is 3.73. The maximum absolute atomic E-state index is 12.4. The zero-order valence-corrected chi connectivity index (χ0v) is 12.5. The van der Waals surface area contributed by atoms with Crippen molar-refractivity contribution >= 4 is 21.7 Å². The van der Waals surface area contributed by atoms with E-state index in [4.69, 9.17) is 9.63 Å². The molecule has 0 aliphatic heterocycles. The molecule has 0 atom stereocenters. The van der Waals surface area contributed by atoms with Crippen LogP contribution in [0.1, 0.15) is 27.4 Å². The van der Waals surface area contributed by atoms with Crippen LogP contribution in [0.2, 0.25) is 0 Å². The van der Waals surface area contributed by atoms with Crippen LogP contribution in [-0.4, -0.2) is 24.7 Å². The topological polar surface area (TPSA) is 110 Å². The van der Waals surface area contributed by atoms with Crippen molar-refractivity contribution in [3.63, 3.8) is 0 Å². The van der Waals surface area contributed by atoms with Crippen molar-refractivity contribution in [3.8, 4) is 0 Å². The number of sulfonamides is 1. The average molecular weight is 310 g/mol. The quantitative estimate of drug-likeness (QED) is 0.895. The van der Waals surface area contributed by atoms with Gasteiger partial charge in [0.05, 0.1) is 11.3 Å². The molecule has 1 heterocycles. The fourth-order valence-electron chi connectivity index (χ4n) is 1.98. The van der Waals surface area contributed by atoms with Crippen LogP contribution in [0.15, 0.2) is 27.6 Å². The summed E-state index contributed by atoms with van der Waals surface area (Å²) in [5.74, 6) is -1.07. The molecular formula is C13H14N2O5S. The van der Waals surface area contributed by atoms with Gasteiger partial charge in [0.15, 0.2) is 10.7 Å². The van der Waals surface area contributed by atoms with E-state index in [-0.39, 0.29) is 27.6 Å². The van der Waals surface area contributed by atoms with Gasteiger partial charge < -0.3 is 9.63 Å². The molecule has 0 spiro atoms. The Hall–Kier alpha value is -2.35. The van der Waals surface area contributed by atoms with Crippen LogP contribution in [0.25, 0.3) is 0 Å². The molecule has 112 valence electrons. The number of rotatable bonds is 4. The molecule has 0 aliphatic carbocycles. The maximum atomic E-state index is 12.4. The number of carbonyl (C=O) groups is 1. The Labute approximate surface area is 121 Å². The molecule has 0 aliphatic rings. The van der Waals surface area contributed by atoms with Crippen LogP contribution in [0.5, 0.6) is 0 Å². The van der Waals surface area contributed by atoms with Crippen molar-refractivity contribution in [1.29, 1.82) is 0 Å². The lowest BCUT2D eigenvalue weighted by Gasteiger charge is -2.10. The van der Waals surface area contributed by atoms with E-state index >= 15 is 0 Å². The van der Waals surface area contributed by atoms with Gasteiger partial charge in [0, 0.05) is 0 Å². The number of nitrogens with one attached hydrogen (secondary N) is 1. The van der Waals surface area contributed by atoms with E-state index in [1.807, 2.05) is 0 Å². The Morgan fingerprint density at radius 3 is 2.48 bits per heavy atom. The van der Waals surface area contributed by atoms with E-state index in [1.54, 1.807) is 13.0 Å². The molecule has 0 amide bonds. The number of hydrogen-bond donors (Lipinski definition) is 2. The number of carboxylic acid groups (broad SMARTS) is 1. The monoisotopic (exact) mass is 310 g/mol. The molecule has 0 fully saturated rings. The number of anilines is 1. The third kappa shape index (κ3) is 2.89. The molecule has 0 saturated heterocycles. The van der Waals surface area contributed by atoms with Crippen molar-refractivity contribution < 1.29 is 22.8 Å². The molecule has 0 unspecified atom stereocenters. The van der Waals surface area contributed by atoms with Crippen LogP contribution in [0.3, 0.4) is 0 Å². The first-order valence-corrected chi connectivity index (χ1v) is 7.50. The fourth-order valence-corrected chi connectivity index (χ4v) is 3.39. The summed E-state index contributed by atoms with van der Waals surface area (Å²) in [5.41, 5.74) is 0.801. The van der Waals surface area contributed by atoms with Crippen molar-refractivity contribution in [3.05, 3.63) is 40.8 Å². The second-order valence-electron chi connectivity index (χ2n) is 4.61. The SMILES string of the molecule is Cc1ccc(NS(=O)(=O)c2c(C)noc2C)c(C(=O)O)c1. The third-order valence-corrected chi connectivity index (χ3v) is 4.50. The summed E-state index contributed by atoms with van der Waals surface area (Å²) in [6, 6.07) is 4.43. The minimum absolute atomic E-state index is 0.00639. The number of aromatic nitrogens is 1. The molecule has 0 saturated carbocycles. The first kappa shape index (κ1) is 15.0. The number of benzene rings is 1. The van der Waals surface area contributed by atoms with Gasteiger partial charge in [-0.3, -0.25) is 4.72 Å². The van der Waals surface area contributed by atoms with Crippen molar-refractivity contribution in [2.24, 2.45) is 0 Å². The second-order valence-corrected chi connectivity index (χ2v) is 6.23. The van der Waals surface area contributed by atoms with Crippen molar-refractivity contribution in [2.45, 2.75) is 25.7 Å². The minimum atomic E-state index is -3.97. The van der Waals surface area contributed by atoms with Gasteiger partial charge in [-0.1, -0.05) is 16.8 Å². The molecular weight excluding hydrogens is 296 g/mol. The largest absolute Gasteiger partial charge is 0.478 e. The first-order chi connectivity index (χ1) is 9.72. The average Bonchev–Trinajstić information content (AvgIpc) is 2.71. The maximum Gasteiger partial charge on any atom is 0.337 e. The van der Waals surface area contributed by atoms with E-state index in [0.29, 0.717) is 5.56 Å². The zero-order chi connectivity index (χ0) is 15.8. The summed E-state index contributed by atoms with van der Waals surface area (Å²) < 4.78 is 31.8. The van der Waals surface area contributed by atoms with E-state index in [1.165, 1.54) is 26.0 Å². The van der Waals surface area contributed by atoms with E-state index in [9.17, 15) is 13.2 Å². The summed E-state index contributed by atoms with van der Waals surface area (Å²) in [6.45, 7) is 4.69. The Morgan fingerprint density at radius 2 is 1.95 bits per heavy atom. The van der Waals surface area contributed by atoms with Crippen LogP contribution < -0.4 is 4.72 Å². The highest BCUT2D eigenvalue weighted by atomic mass is 32.2. The number of aromatic carboxylic acids is 1. The molecule has 21 heavy (non-hydrogen) atoms. The molecule has 2 rings (SSSR count). The Morgan fingerprint density at radius 1 is 1.29 bits per heavy atom. The third-order valence-electron chi connectivity index (χ3n) is 2.89. The van der Waals surface area contributed by atoms with Gasteiger partial charge in [-0.15, -0.1) is 0 Å². The fraction of sp³-hybridized carbons (Fsp3) is 0.231. The molecule has 8 heteroatoms. The van der Waals surface area contributed by atoms with Gasteiger partial charge in [0.25, 0.3) is 10.0 Å². The minimum Gasteiger partial charge on any atom is -0.478 e. The van der Waals surface area contributed by atoms with E-state index in [2.05, 4.69) is 9.88 Å². The smallest absolute Gasteiger partial charge is 0.337 e. The van der Waals surface area contributed by atoms with E-state index < -0.39 is 16.0 Å². The summed E-state index contributed by atoms with van der Waals surface area (Å²) in [4.78, 5) is 11.1. The second kappa shape index (κ2) is 5.21. The van der Waals surface area contributed by atoms with Gasteiger partial charge in [-0.05, 0) is 32.9 Å². The molecule has 0 radical (unpaired) electrons.